The number of amides is 2. The molecule has 0 spiro atoms. The van der Waals surface area contributed by atoms with Gasteiger partial charge in [0.15, 0.2) is 0 Å². The van der Waals surface area contributed by atoms with Gasteiger partial charge in [0.25, 0.3) is 0 Å². The Bertz CT molecular complexity index is 588. The summed E-state index contributed by atoms with van der Waals surface area (Å²) in [6, 6.07) is 7.39. The highest BCUT2D eigenvalue weighted by Crippen LogP contribution is 2.28. The van der Waals surface area contributed by atoms with E-state index in [0.29, 0.717) is 31.1 Å². The van der Waals surface area contributed by atoms with Gasteiger partial charge in [-0.25, -0.2) is 0 Å². The summed E-state index contributed by atoms with van der Waals surface area (Å²) in [5.74, 6) is 0.481. The van der Waals surface area contributed by atoms with Crippen LogP contribution in [0.2, 0.25) is 0 Å². The molecule has 1 N–H and O–H groups in total. The van der Waals surface area contributed by atoms with Crippen molar-refractivity contribution < 1.29 is 19.1 Å². The highest BCUT2D eigenvalue weighted by Gasteiger charge is 2.17. The fraction of sp³-hybridized carbons (Fsp3) is 0.579. The van der Waals surface area contributed by atoms with E-state index < -0.39 is 0 Å². The summed E-state index contributed by atoms with van der Waals surface area (Å²) >= 11 is 0. The van der Waals surface area contributed by atoms with Gasteiger partial charge < -0.3 is 19.7 Å². The summed E-state index contributed by atoms with van der Waals surface area (Å²) in [4.78, 5) is 28.0. The van der Waals surface area contributed by atoms with Crippen LogP contribution in [0.5, 0.6) is 5.75 Å². The highest BCUT2D eigenvalue weighted by molar-refractivity contribution is 5.93. The molecule has 2 rings (SSSR count). The molecule has 144 valence electrons. The third-order valence-corrected chi connectivity index (χ3v) is 4.25. The molecule has 1 heterocycles. The summed E-state index contributed by atoms with van der Waals surface area (Å²) in [5.41, 5.74) is 0.697. The van der Waals surface area contributed by atoms with E-state index in [-0.39, 0.29) is 18.2 Å². The molecule has 1 aliphatic rings. The van der Waals surface area contributed by atoms with Crippen LogP contribution in [0.1, 0.15) is 20.3 Å². The van der Waals surface area contributed by atoms with Crippen LogP contribution in [0.15, 0.2) is 24.3 Å². The number of carbonyl (C=O) groups excluding carboxylic acids is 2. The highest BCUT2D eigenvalue weighted by atomic mass is 16.5. The zero-order chi connectivity index (χ0) is 18.8. The average molecular weight is 363 g/mol. The number of rotatable bonds is 9. The van der Waals surface area contributed by atoms with Crippen molar-refractivity contribution in [3.8, 4) is 5.75 Å². The third-order valence-electron chi connectivity index (χ3n) is 4.25. The quantitative estimate of drug-likeness (QED) is 0.716. The third kappa shape index (κ3) is 6.31. The van der Waals surface area contributed by atoms with Crippen molar-refractivity contribution >= 4 is 17.5 Å². The molecule has 7 nitrogen and oxygen atoms in total. The molecule has 0 atom stereocenters. The van der Waals surface area contributed by atoms with Crippen LogP contribution >= 0.6 is 0 Å². The van der Waals surface area contributed by atoms with Gasteiger partial charge in [-0.05, 0) is 19.1 Å². The zero-order valence-corrected chi connectivity index (χ0v) is 15.7. The molecule has 0 radical (unpaired) electrons. The number of anilines is 1. The topological polar surface area (TPSA) is 71.1 Å². The molecule has 0 saturated carbocycles. The summed E-state index contributed by atoms with van der Waals surface area (Å²) in [6.07, 6.45) is 0.253. The minimum Gasteiger partial charge on any atom is -0.492 e. The molecular formula is C19H29N3O4. The predicted molar refractivity (Wildman–Crippen MR) is 101 cm³/mol. The van der Waals surface area contributed by atoms with Gasteiger partial charge in [0.1, 0.15) is 5.75 Å². The maximum absolute atomic E-state index is 12.1. The van der Waals surface area contributed by atoms with Crippen LogP contribution in [0.3, 0.4) is 0 Å². The lowest BCUT2D eigenvalue weighted by Gasteiger charge is -2.26. The number of nitrogens with one attached hydrogen (secondary N) is 1. The SMILES string of the molecule is CCOc1ccccc1N(CCC(=O)NCCN1CCOCC1)C(C)=O. The molecule has 1 fully saturated rings. The van der Waals surface area contributed by atoms with Gasteiger partial charge in [0.05, 0.1) is 25.5 Å². The summed E-state index contributed by atoms with van der Waals surface area (Å²) in [7, 11) is 0. The number of hydrogen-bond acceptors (Lipinski definition) is 5. The van der Waals surface area contributed by atoms with Crippen molar-refractivity contribution in [2.24, 2.45) is 0 Å². The number of ether oxygens (including phenoxy) is 2. The number of benzene rings is 1. The van der Waals surface area contributed by atoms with E-state index in [0.717, 1.165) is 32.8 Å². The van der Waals surface area contributed by atoms with Gasteiger partial charge in [-0.1, -0.05) is 12.1 Å². The van der Waals surface area contributed by atoms with E-state index in [2.05, 4.69) is 10.2 Å². The minimum atomic E-state index is -0.113. The van der Waals surface area contributed by atoms with Gasteiger partial charge in [0, 0.05) is 46.1 Å². The molecule has 1 aromatic rings. The zero-order valence-electron chi connectivity index (χ0n) is 15.7. The number of morpholine rings is 1. The number of nitrogens with zero attached hydrogens (tertiary/aromatic N) is 2. The van der Waals surface area contributed by atoms with Gasteiger partial charge >= 0.3 is 0 Å². The Morgan fingerprint density at radius 1 is 1.27 bits per heavy atom. The first-order valence-corrected chi connectivity index (χ1v) is 9.18. The van der Waals surface area contributed by atoms with Crippen LogP contribution in [0.25, 0.3) is 0 Å². The fourth-order valence-electron chi connectivity index (χ4n) is 2.89. The normalized spacial score (nSPS) is 14.7. The maximum Gasteiger partial charge on any atom is 0.223 e. The lowest BCUT2D eigenvalue weighted by Crippen LogP contribution is -2.42. The Balaban J connectivity index is 1.82. The van der Waals surface area contributed by atoms with E-state index in [9.17, 15) is 9.59 Å². The standard InChI is InChI=1S/C19H29N3O4/c1-3-26-18-7-5-4-6-17(18)22(16(2)23)10-8-19(24)20-9-11-21-12-14-25-15-13-21/h4-7H,3,8-15H2,1-2H3,(H,20,24). The molecule has 0 unspecified atom stereocenters. The number of para-hydroxylation sites is 2. The van der Waals surface area contributed by atoms with Crippen LogP contribution in [0.4, 0.5) is 5.69 Å². The first-order chi connectivity index (χ1) is 12.6. The van der Waals surface area contributed by atoms with E-state index in [4.69, 9.17) is 9.47 Å². The Labute approximate surface area is 155 Å². The van der Waals surface area contributed by atoms with Gasteiger partial charge in [-0.3, -0.25) is 14.5 Å². The first kappa shape index (κ1) is 20.2. The largest absolute Gasteiger partial charge is 0.492 e. The average Bonchev–Trinajstić information content (AvgIpc) is 2.64. The van der Waals surface area contributed by atoms with Crippen molar-refractivity contribution in [2.45, 2.75) is 20.3 Å². The van der Waals surface area contributed by atoms with E-state index in [1.54, 1.807) is 4.90 Å². The Morgan fingerprint density at radius 3 is 2.69 bits per heavy atom. The smallest absolute Gasteiger partial charge is 0.223 e. The van der Waals surface area contributed by atoms with Crippen molar-refractivity contribution in [1.82, 2.24) is 10.2 Å². The molecule has 0 bridgehead atoms. The second-order valence-electron chi connectivity index (χ2n) is 6.13. The van der Waals surface area contributed by atoms with Gasteiger partial charge in [-0.15, -0.1) is 0 Å². The molecule has 0 aromatic heterocycles. The predicted octanol–water partition coefficient (Wildman–Crippen LogP) is 1.28. The number of hydrogen-bond donors (Lipinski definition) is 1. The van der Waals surface area contributed by atoms with E-state index >= 15 is 0 Å². The van der Waals surface area contributed by atoms with E-state index in [1.165, 1.54) is 6.92 Å². The fourth-order valence-corrected chi connectivity index (χ4v) is 2.89. The summed E-state index contributed by atoms with van der Waals surface area (Å²) in [6.45, 7) is 8.97. The lowest BCUT2D eigenvalue weighted by atomic mass is 10.2. The van der Waals surface area contributed by atoms with Crippen molar-refractivity contribution in [3.05, 3.63) is 24.3 Å². The maximum atomic E-state index is 12.1. The molecule has 0 aliphatic carbocycles. The van der Waals surface area contributed by atoms with Crippen LogP contribution in [0, 0.1) is 0 Å². The second kappa shape index (κ2) is 10.8. The first-order valence-electron chi connectivity index (χ1n) is 9.18. The van der Waals surface area contributed by atoms with Crippen LogP contribution in [-0.4, -0.2) is 69.3 Å². The molecule has 1 aromatic carbocycles. The summed E-state index contributed by atoms with van der Waals surface area (Å²) < 4.78 is 10.9. The molecule has 1 aliphatic heterocycles. The van der Waals surface area contributed by atoms with Crippen molar-refractivity contribution in [2.75, 3.05) is 57.4 Å². The lowest BCUT2D eigenvalue weighted by molar-refractivity contribution is -0.121. The molecule has 26 heavy (non-hydrogen) atoms. The Morgan fingerprint density at radius 2 is 2.00 bits per heavy atom. The molecule has 7 heteroatoms. The van der Waals surface area contributed by atoms with Crippen molar-refractivity contribution in [1.29, 1.82) is 0 Å². The van der Waals surface area contributed by atoms with Gasteiger partial charge in [0.2, 0.25) is 11.8 Å². The molecule has 1 saturated heterocycles. The van der Waals surface area contributed by atoms with Crippen LogP contribution in [-0.2, 0) is 14.3 Å². The molecular weight excluding hydrogens is 334 g/mol. The van der Waals surface area contributed by atoms with Crippen LogP contribution < -0.4 is 15.0 Å². The minimum absolute atomic E-state index is 0.0570. The van der Waals surface area contributed by atoms with E-state index in [1.807, 2.05) is 31.2 Å². The van der Waals surface area contributed by atoms with Crippen molar-refractivity contribution in [3.63, 3.8) is 0 Å². The van der Waals surface area contributed by atoms with Gasteiger partial charge in [-0.2, -0.15) is 0 Å². The summed E-state index contributed by atoms with van der Waals surface area (Å²) in [5, 5.41) is 2.92. The second-order valence-corrected chi connectivity index (χ2v) is 6.13. The monoisotopic (exact) mass is 363 g/mol. The Hall–Kier alpha value is -2.12. The Kier molecular flexibility index (Phi) is 8.37. The molecule has 2 amide bonds. The number of carbonyl (C=O) groups is 2.